The number of thiazole rings is 1. The zero-order valence-electron chi connectivity index (χ0n) is 14.0. The number of halogens is 1. The maximum atomic E-state index is 12.9. The van der Waals surface area contributed by atoms with Gasteiger partial charge in [-0.05, 0) is 23.8 Å². The zero-order chi connectivity index (χ0) is 19.2. The number of hydrogen-bond donors (Lipinski definition) is 3. The molecule has 3 rings (SSSR count). The fraction of sp³-hybridized carbons (Fsp3) is 0.111. The molecule has 0 aliphatic heterocycles. The molecule has 1 aromatic carbocycles. The van der Waals surface area contributed by atoms with Crippen molar-refractivity contribution < 1.29 is 14.0 Å². The van der Waals surface area contributed by atoms with Gasteiger partial charge in [-0.15, -0.1) is 11.3 Å². The average molecular weight is 386 g/mol. The number of nitrogens with zero attached hydrogens (tertiary/aromatic N) is 1. The van der Waals surface area contributed by atoms with Gasteiger partial charge in [-0.2, -0.15) is 0 Å². The second-order valence-electron chi connectivity index (χ2n) is 5.62. The first-order chi connectivity index (χ1) is 13.0. The fourth-order valence-electron chi connectivity index (χ4n) is 2.20. The van der Waals surface area contributed by atoms with Crippen LogP contribution in [0.2, 0.25) is 0 Å². The Balaban J connectivity index is 1.51. The van der Waals surface area contributed by atoms with Crippen LogP contribution < -0.4 is 16.2 Å². The van der Waals surface area contributed by atoms with Gasteiger partial charge in [0.1, 0.15) is 5.82 Å². The Morgan fingerprint density at radius 3 is 2.63 bits per heavy atom. The predicted molar refractivity (Wildman–Crippen MR) is 99.1 cm³/mol. The van der Waals surface area contributed by atoms with E-state index in [2.05, 4.69) is 20.6 Å². The molecular formula is C18H15FN4O3S. The molecule has 0 unspecified atom stereocenters. The summed E-state index contributed by atoms with van der Waals surface area (Å²) in [5, 5.41) is 7.38. The molecule has 0 spiro atoms. The zero-order valence-corrected chi connectivity index (χ0v) is 14.8. The largest absolute Gasteiger partial charge is 0.352 e. The Labute approximate surface area is 157 Å². The van der Waals surface area contributed by atoms with Crippen molar-refractivity contribution in [2.24, 2.45) is 0 Å². The maximum absolute atomic E-state index is 12.9. The van der Waals surface area contributed by atoms with Gasteiger partial charge in [-0.25, -0.2) is 9.37 Å². The van der Waals surface area contributed by atoms with Gasteiger partial charge in [-0.1, -0.05) is 12.1 Å². The minimum Gasteiger partial charge on any atom is -0.352 e. The minimum atomic E-state index is -0.409. The van der Waals surface area contributed by atoms with Crippen LogP contribution in [0.5, 0.6) is 0 Å². The molecule has 0 atom stereocenters. The van der Waals surface area contributed by atoms with Crippen LogP contribution in [0.25, 0.3) is 0 Å². The molecule has 7 nitrogen and oxygen atoms in total. The number of benzene rings is 1. The molecule has 2 heterocycles. The molecule has 3 N–H and O–H groups in total. The summed E-state index contributed by atoms with van der Waals surface area (Å²) < 4.78 is 12.9. The fourth-order valence-corrected chi connectivity index (χ4v) is 2.90. The Hall–Kier alpha value is -3.33. The number of amides is 2. The van der Waals surface area contributed by atoms with Gasteiger partial charge in [-0.3, -0.25) is 19.7 Å². The molecule has 0 radical (unpaired) electrons. The van der Waals surface area contributed by atoms with E-state index in [0.29, 0.717) is 22.9 Å². The molecule has 2 amide bonds. The Morgan fingerprint density at radius 2 is 1.93 bits per heavy atom. The number of aromatic amines is 1. The van der Waals surface area contributed by atoms with Gasteiger partial charge in [0.25, 0.3) is 5.91 Å². The van der Waals surface area contributed by atoms with Gasteiger partial charge in [0.2, 0.25) is 11.5 Å². The minimum absolute atomic E-state index is 0.0617. The summed E-state index contributed by atoms with van der Waals surface area (Å²) in [4.78, 5) is 41.7. The number of aromatic nitrogens is 2. The highest BCUT2D eigenvalue weighted by Crippen LogP contribution is 2.16. The lowest BCUT2D eigenvalue weighted by Crippen LogP contribution is -2.24. The van der Waals surface area contributed by atoms with Gasteiger partial charge in [0, 0.05) is 24.2 Å². The summed E-state index contributed by atoms with van der Waals surface area (Å²) in [5.74, 6) is -0.972. The van der Waals surface area contributed by atoms with Crippen LogP contribution in [-0.4, -0.2) is 21.8 Å². The van der Waals surface area contributed by atoms with E-state index in [1.165, 1.54) is 41.8 Å². The second-order valence-corrected chi connectivity index (χ2v) is 6.48. The summed E-state index contributed by atoms with van der Waals surface area (Å²) in [6, 6.07) is 8.53. The summed E-state index contributed by atoms with van der Waals surface area (Å²) in [6.07, 6.45) is 1.38. The number of hydrogen-bond acceptors (Lipinski definition) is 5. The van der Waals surface area contributed by atoms with Crippen LogP contribution in [0.4, 0.5) is 9.52 Å². The lowest BCUT2D eigenvalue weighted by atomic mass is 10.2. The first-order valence-corrected chi connectivity index (χ1v) is 8.83. The predicted octanol–water partition coefficient (Wildman–Crippen LogP) is 2.08. The van der Waals surface area contributed by atoms with Crippen molar-refractivity contribution in [3.63, 3.8) is 0 Å². The molecule has 2 aromatic heterocycles. The number of rotatable bonds is 6. The van der Waals surface area contributed by atoms with E-state index in [1.54, 1.807) is 17.5 Å². The van der Waals surface area contributed by atoms with Gasteiger partial charge < -0.3 is 10.3 Å². The van der Waals surface area contributed by atoms with Crippen molar-refractivity contribution in [2.45, 2.75) is 13.0 Å². The van der Waals surface area contributed by atoms with Crippen molar-refractivity contribution in [3.05, 3.63) is 81.0 Å². The van der Waals surface area contributed by atoms with E-state index in [4.69, 9.17) is 0 Å². The van der Waals surface area contributed by atoms with E-state index >= 15 is 0 Å². The van der Waals surface area contributed by atoms with Crippen molar-refractivity contribution in [2.75, 3.05) is 5.32 Å². The highest BCUT2D eigenvalue weighted by molar-refractivity contribution is 7.14. The lowest BCUT2D eigenvalue weighted by Gasteiger charge is -2.04. The van der Waals surface area contributed by atoms with Crippen LogP contribution in [0.3, 0.4) is 0 Å². The van der Waals surface area contributed by atoms with E-state index < -0.39 is 5.91 Å². The number of pyridine rings is 1. The first-order valence-electron chi connectivity index (χ1n) is 7.95. The molecule has 0 saturated heterocycles. The molecule has 27 heavy (non-hydrogen) atoms. The second kappa shape index (κ2) is 8.37. The van der Waals surface area contributed by atoms with E-state index in [-0.39, 0.29) is 23.7 Å². The maximum Gasteiger partial charge on any atom is 0.258 e. The number of anilines is 1. The average Bonchev–Trinajstić information content (AvgIpc) is 3.08. The smallest absolute Gasteiger partial charge is 0.258 e. The molecule has 0 bridgehead atoms. The van der Waals surface area contributed by atoms with Crippen LogP contribution in [0.1, 0.15) is 21.6 Å². The summed E-state index contributed by atoms with van der Waals surface area (Å²) in [7, 11) is 0. The number of carbonyl (C=O) groups excluding carboxylic acids is 2. The van der Waals surface area contributed by atoms with Crippen molar-refractivity contribution >= 4 is 28.3 Å². The van der Waals surface area contributed by atoms with E-state index in [9.17, 15) is 18.8 Å². The van der Waals surface area contributed by atoms with Crippen LogP contribution >= 0.6 is 11.3 Å². The van der Waals surface area contributed by atoms with Crippen LogP contribution in [0.15, 0.2) is 52.8 Å². The Morgan fingerprint density at radius 1 is 1.15 bits per heavy atom. The normalized spacial score (nSPS) is 10.4. The Kier molecular flexibility index (Phi) is 5.72. The summed E-state index contributed by atoms with van der Waals surface area (Å²) in [6.45, 7) is 0.291. The molecule has 0 aliphatic rings. The quantitative estimate of drug-likeness (QED) is 0.603. The third-order valence-corrected chi connectivity index (χ3v) is 4.37. The van der Waals surface area contributed by atoms with Crippen LogP contribution in [-0.2, 0) is 17.8 Å². The number of nitrogens with one attached hydrogen (secondary N) is 3. The molecule has 0 fully saturated rings. The van der Waals surface area contributed by atoms with Crippen molar-refractivity contribution in [1.29, 1.82) is 0 Å². The number of H-pyrrole nitrogens is 1. The molecule has 0 saturated carbocycles. The molecule has 0 aliphatic carbocycles. The molecule has 3 aromatic rings. The Bertz CT molecular complexity index is 993. The topological polar surface area (TPSA) is 104 Å². The third kappa shape index (κ3) is 5.32. The number of carbonyl (C=O) groups is 2. The molecular weight excluding hydrogens is 371 g/mol. The summed E-state index contributed by atoms with van der Waals surface area (Å²) >= 11 is 1.20. The van der Waals surface area contributed by atoms with Gasteiger partial charge in [0.15, 0.2) is 5.13 Å². The monoisotopic (exact) mass is 386 g/mol. The molecule has 138 valence electrons. The van der Waals surface area contributed by atoms with Gasteiger partial charge in [0.05, 0.1) is 17.7 Å². The first kappa shape index (κ1) is 18.5. The lowest BCUT2D eigenvalue weighted by molar-refractivity contribution is -0.120. The van der Waals surface area contributed by atoms with E-state index in [1.807, 2.05) is 0 Å². The molecule has 9 heteroatoms. The highest BCUT2D eigenvalue weighted by Gasteiger charge is 2.11. The van der Waals surface area contributed by atoms with Crippen molar-refractivity contribution in [3.8, 4) is 0 Å². The summed E-state index contributed by atoms with van der Waals surface area (Å²) in [5.41, 5.74) is 1.31. The van der Waals surface area contributed by atoms with E-state index in [0.717, 1.165) is 5.56 Å². The SMILES string of the molecule is O=C(Cc1csc(NC(=O)c2ccc(=O)[nH]c2)n1)NCc1ccc(F)cc1. The highest BCUT2D eigenvalue weighted by atomic mass is 32.1. The van der Waals surface area contributed by atoms with Crippen LogP contribution in [0, 0.1) is 5.82 Å². The third-order valence-electron chi connectivity index (χ3n) is 3.56. The van der Waals surface area contributed by atoms with Gasteiger partial charge >= 0.3 is 0 Å². The van der Waals surface area contributed by atoms with Crippen molar-refractivity contribution in [1.82, 2.24) is 15.3 Å². The standard InChI is InChI=1S/C18H15FN4O3S/c19-13-4-1-11(2-5-13)8-20-16(25)7-14-10-27-18(22-14)23-17(26)12-3-6-15(24)21-9-12/h1-6,9-10H,7-8H2,(H,20,25)(H,21,24)(H,22,23,26).